The van der Waals surface area contributed by atoms with Crippen molar-refractivity contribution < 1.29 is 22.7 Å². The standard InChI is InChI=1S/C20H22BrN3O5S/c1-30(27,28)24(16-8-6-15(21)7-9-16)14-19(25)22-18-5-3-2-4-17(18)20(26)23-10-12-29-13-11-23/h2-9H,10-14H2,1H3,(H,22,25). The lowest BCUT2D eigenvalue weighted by molar-refractivity contribution is -0.114. The van der Waals surface area contributed by atoms with Crippen molar-refractivity contribution >= 4 is 49.1 Å². The third kappa shape index (κ3) is 5.59. The summed E-state index contributed by atoms with van der Waals surface area (Å²) in [6.07, 6.45) is 1.04. The average Bonchev–Trinajstić information content (AvgIpc) is 2.72. The van der Waals surface area contributed by atoms with E-state index in [-0.39, 0.29) is 5.91 Å². The molecule has 10 heteroatoms. The molecule has 1 aliphatic heterocycles. The normalized spacial score (nSPS) is 14.3. The number of amides is 2. The van der Waals surface area contributed by atoms with Crippen molar-refractivity contribution in [1.29, 1.82) is 0 Å². The van der Waals surface area contributed by atoms with Crippen molar-refractivity contribution in [3.05, 3.63) is 58.6 Å². The molecule has 1 heterocycles. The summed E-state index contributed by atoms with van der Waals surface area (Å²) < 4.78 is 31.6. The van der Waals surface area contributed by atoms with E-state index in [2.05, 4.69) is 21.2 Å². The van der Waals surface area contributed by atoms with Crippen molar-refractivity contribution in [1.82, 2.24) is 4.90 Å². The number of hydrogen-bond donors (Lipinski definition) is 1. The Balaban J connectivity index is 1.78. The number of rotatable bonds is 6. The predicted octanol–water partition coefficient (Wildman–Crippen LogP) is 2.33. The minimum Gasteiger partial charge on any atom is -0.378 e. The topological polar surface area (TPSA) is 96.0 Å². The summed E-state index contributed by atoms with van der Waals surface area (Å²) in [4.78, 5) is 27.2. The molecule has 0 spiro atoms. The van der Waals surface area contributed by atoms with Gasteiger partial charge in [-0.2, -0.15) is 0 Å². The number of para-hydroxylation sites is 1. The second kappa shape index (κ2) is 9.59. The van der Waals surface area contributed by atoms with E-state index in [1.54, 1.807) is 53.4 Å². The molecule has 1 aliphatic rings. The van der Waals surface area contributed by atoms with Crippen LogP contribution in [0.5, 0.6) is 0 Å². The zero-order chi connectivity index (χ0) is 21.7. The van der Waals surface area contributed by atoms with Gasteiger partial charge in [-0.15, -0.1) is 0 Å². The highest BCUT2D eigenvalue weighted by atomic mass is 79.9. The van der Waals surface area contributed by atoms with Crippen LogP contribution in [-0.2, 0) is 19.6 Å². The Morgan fingerprint density at radius 3 is 2.37 bits per heavy atom. The lowest BCUT2D eigenvalue weighted by Crippen LogP contribution is -2.41. The van der Waals surface area contributed by atoms with Gasteiger partial charge in [-0.05, 0) is 36.4 Å². The Bertz CT molecular complexity index is 1020. The number of morpholine rings is 1. The minimum absolute atomic E-state index is 0.206. The van der Waals surface area contributed by atoms with Crippen molar-refractivity contribution in [2.24, 2.45) is 0 Å². The molecule has 30 heavy (non-hydrogen) atoms. The number of carbonyl (C=O) groups is 2. The quantitative estimate of drug-likeness (QED) is 0.663. The van der Waals surface area contributed by atoms with Crippen LogP contribution in [0, 0.1) is 0 Å². The number of sulfonamides is 1. The Morgan fingerprint density at radius 1 is 1.10 bits per heavy atom. The summed E-state index contributed by atoms with van der Waals surface area (Å²) in [7, 11) is -3.69. The molecule has 3 rings (SSSR count). The Kier molecular flexibility index (Phi) is 7.11. The molecule has 1 saturated heterocycles. The first-order valence-electron chi connectivity index (χ1n) is 9.25. The van der Waals surface area contributed by atoms with Crippen molar-refractivity contribution in [3.63, 3.8) is 0 Å². The van der Waals surface area contributed by atoms with Crippen LogP contribution in [0.1, 0.15) is 10.4 Å². The molecule has 0 bridgehead atoms. The summed E-state index contributed by atoms with van der Waals surface area (Å²) >= 11 is 3.30. The summed E-state index contributed by atoms with van der Waals surface area (Å²) in [5, 5.41) is 2.68. The van der Waals surface area contributed by atoms with E-state index in [1.807, 2.05) is 0 Å². The van der Waals surface area contributed by atoms with E-state index in [1.165, 1.54) is 0 Å². The largest absolute Gasteiger partial charge is 0.378 e. The van der Waals surface area contributed by atoms with Gasteiger partial charge >= 0.3 is 0 Å². The fraction of sp³-hybridized carbons (Fsp3) is 0.300. The number of hydrogen-bond acceptors (Lipinski definition) is 5. The van der Waals surface area contributed by atoms with E-state index < -0.39 is 22.5 Å². The molecule has 1 fully saturated rings. The van der Waals surface area contributed by atoms with Gasteiger partial charge in [0, 0.05) is 17.6 Å². The summed E-state index contributed by atoms with van der Waals surface area (Å²) in [6.45, 7) is 1.48. The molecule has 0 unspecified atom stereocenters. The minimum atomic E-state index is -3.69. The maximum Gasteiger partial charge on any atom is 0.256 e. The molecule has 0 aromatic heterocycles. The van der Waals surface area contributed by atoms with E-state index in [0.717, 1.165) is 15.0 Å². The van der Waals surface area contributed by atoms with Gasteiger partial charge in [0.2, 0.25) is 15.9 Å². The van der Waals surface area contributed by atoms with Crippen LogP contribution in [0.15, 0.2) is 53.0 Å². The van der Waals surface area contributed by atoms with Crippen LogP contribution in [0.4, 0.5) is 11.4 Å². The van der Waals surface area contributed by atoms with E-state index in [4.69, 9.17) is 4.74 Å². The number of anilines is 2. The highest BCUT2D eigenvalue weighted by Crippen LogP contribution is 2.22. The van der Waals surface area contributed by atoms with Gasteiger partial charge in [0.15, 0.2) is 0 Å². The second-order valence-corrected chi connectivity index (χ2v) is 9.57. The third-order valence-corrected chi connectivity index (χ3v) is 6.20. The van der Waals surface area contributed by atoms with Crippen molar-refractivity contribution in [2.45, 2.75) is 0 Å². The van der Waals surface area contributed by atoms with Crippen LogP contribution in [0.2, 0.25) is 0 Å². The molecule has 0 radical (unpaired) electrons. The smallest absolute Gasteiger partial charge is 0.256 e. The molecule has 0 aliphatic carbocycles. The number of halogens is 1. The number of nitrogens with one attached hydrogen (secondary N) is 1. The molecular weight excluding hydrogens is 474 g/mol. The first-order chi connectivity index (χ1) is 14.3. The molecule has 1 N–H and O–H groups in total. The number of ether oxygens (including phenoxy) is 1. The van der Waals surface area contributed by atoms with Gasteiger partial charge in [0.05, 0.1) is 36.4 Å². The fourth-order valence-electron chi connectivity index (χ4n) is 3.04. The van der Waals surface area contributed by atoms with Crippen molar-refractivity contribution in [3.8, 4) is 0 Å². The van der Waals surface area contributed by atoms with Crippen LogP contribution < -0.4 is 9.62 Å². The second-order valence-electron chi connectivity index (χ2n) is 6.74. The molecular formula is C20H22BrN3O5S. The molecule has 0 saturated carbocycles. The molecule has 8 nitrogen and oxygen atoms in total. The lowest BCUT2D eigenvalue weighted by Gasteiger charge is -2.27. The van der Waals surface area contributed by atoms with Gasteiger partial charge in [-0.1, -0.05) is 28.1 Å². The highest BCUT2D eigenvalue weighted by Gasteiger charge is 2.24. The Labute approximate surface area is 184 Å². The first-order valence-corrected chi connectivity index (χ1v) is 11.9. The fourth-order valence-corrected chi connectivity index (χ4v) is 4.16. The molecule has 160 valence electrons. The molecule has 2 aromatic carbocycles. The highest BCUT2D eigenvalue weighted by molar-refractivity contribution is 9.10. The van der Waals surface area contributed by atoms with Crippen LogP contribution in [0.25, 0.3) is 0 Å². The van der Waals surface area contributed by atoms with Crippen LogP contribution >= 0.6 is 15.9 Å². The molecule has 2 aromatic rings. The van der Waals surface area contributed by atoms with Gasteiger partial charge in [-0.25, -0.2) is 8.42 Å². The molecule has 2 amide bonds. The average molecular weight is 496 g/mol. The number of benzene rings is 2. The van der Waals surface area contributed by atoms with Gasteiger partial charge in [0.25, 0.3) is 5.91 Å². The zero-order valence-electron chi connectivity index (χ0n) is 16.4. The summed E-state index contributed by atoms with van der Waals surface area (Å²) in [5.74, 6) is -0.757. The van der Waals surface area contributed by atoms with Gasteiger partial charge in [-0.3, -0.25) is 13.9 Å². The van der Waals surface area contributed by atoms with E-state index >= 15 is 0 Å². The SMILES string of the molecule is CS(=O)(=O)N(CC(=O)Nc1ccccc1C(=O)N1CCOCC1)c1ccc(Br)cc1. The maximum absolute atomic E-state index is 12.8. The monoisotopic (exact) mass is 495 g/mol. The summed E-state index contributed by atoms with van der Waals surface area (Å²) in [5.41, 5.74) is 1.05. The zero-order valence-corrected chi connectivity index (χ0v) is 18.8. The van der Waals surface area contributed by atoms with E-state index in [9.17, 15) is 18.0 Å². The van der Waals surface area contributed by atoms with Crippen molar-refractivity contribution in [2.75, 3.05) is 48.7 Å². The summed E-state index contributed by atoms with van der Waals surface area (Å²) in [6, 6.07) is 13.3. The number of nitrogens with zero attached hydrogens (tertiary/aromatic N) is 2. The Morgan fingerprint density at radius 2 is 1.73 bits per heavy atom. The maximum atomic E-state index is 12.8. The lowest BCUT2D eigenvalue weighted by atomic mass is 10.1. The van der Waals surface area contributed by atoms with Crippen LogP contribution in [0.3, 0.4) is 0 Å². The van der Waals surface area contributed by atoms with Crippen LogP contribution in [-0.4, -0.2) is 64.2 Å². The Hall–Kier alpha value is -2.43. The first kappa shape index (κ1) is 22.3. The van der Waals surface area contributed by atoms with Gasteiger partial charge in [0.1, 0.15) is 6.54 Å². The third-order valence-electron chi connectivity index (χ3n) is 4.53. The number of carbonyl (C=O) groups excluding carboxylic acids is 2. The molecule has 0 atom stereocenters. The van der Waals surface area contributed by atoms with Gasteiger partial charge < -0.3 is 15.0 Å². The predicted molar refractivity (Wildman–Crippen MR) is 118 cm³/mol. The van der Waals surface area contributed by atoms with E-state index in [0.29, 0.717) is 43.2 Å².